The van der Waals surface area contributed by atoms with Gasteiger partial charge in [-0.05, 0) is 13.0 Å². The highest BCUT2D eigenvalue weighted by Gasteiger charge is 2.20. The number of piperidine rings is 1. The summed E-state index contributed by atoms with van der Waals surface area (Å²) in [7, 11) is 2.23. The Morgan fingerprint density at radius 3 is 2.36 bits per heavy atom. The first-order valence-corrected chi connectivity index (χ1v) is 6.07. The van der Waals surface area contributed by atoms with Gasteiger partial charge in [0.2, 0.25) is 0 Å². The summed E-state index contributed by atoms with van der Waals surface area (Å²) in [5.74, 6) is 0.989. The molecule has 0 aromatic carbocycles. The van der Waals surface area contributed by atoms with Crippen molar-refractivity contribution >= 4 is 0 Å². The largest absolute Gasteiger partial charge is 0.346 e. The summed E-state index contributed by atoms with van der Waals surface area (Å²) in [6.07, 6.45) is 2.87. The van der Waals surface area contributed by atoms with Crippen LogP contribution in [0.25, 0.3) is 0 Å². The summed E-state index contributed by atoms with van der Waals surface area (Å²) in [6.45, 7) is 9.18. The van der Waals surface area contributed by atoms with Gasteiger partial charge in [0.1, 0.15) is 0 Å². The van der Waals surface area contributed by atoms with Crippen LogP contribution in [0.4, 0.5) is 0 Å². The number of piperazine rings is 1. The van der Waals surface area contributed by atoms with Crippen molar-refractivity contribution in [1.29, 1.82) is 0 Å². The van der Waals surface area contributed by atoms with Gasteiger partial charge in [0.05, 0.1) is 13.1 Å². The van der Waals surface area contributed by atoms with Crippen molar-refractivity contribution < 1.29 is 5.32 Å². The summed E-state index contributed by atoms with van der Waals surface area (Å²) in [6, 6.07) is 0. The average Bonchev–Trinajstić information content (AvgIpc) is 2.23. The molecular weight excluding hydrogens is 174 g/mol. The second-order valence-corrected chi connectivity index (χ2v) is 4.91. The van der Waals surface area contributed by atoms with E-state index in [1.54, 1.807) is 0 Å². The molecule has 2 rings (SSSR count). The first-order chi connectivity index (χ1) is 6.84. The average molecular weight is 198 g/mol. The fourth-order valence-electron chi connectivity index (χ4n) is 2.57. The maximum atomic E-state index is 2.66. The SMILES string of the molecule is CN1CCN(CC2CC[NH2+]CC2)CC1. The van der Waals surface area contributed by atoms with Gasteiger partial charge in [0.15, 0.2) is 0 Å². The van der Waals surface area contributed by atoms with Crippen molar-refractivity contribution in [3.63, 3.8) is 0 Å². The van der Waals surface area contributed by atoms with Crippen LogP contribution in [-0.2, 0) is 0 Å². The van der Waals surface area contributed by atoms with E-state index in [-0.39, 0.29) is 0 Å². The second-order valence-electron chi connectivity index (χ2n) is 4.91. The molecule has 0 bridgehead atoms. The lowest BCUT2D eigenvalue weighted by Crippen LogP contribution is -2.86. The normalized spacial score (nSPS) is 28.1. The van der Waals surface area contributed by atoms with Gasteiger partial charge in [-0.15, -0.1) is 0 Å². The highest BCUT2D eigenvalue weighted by molar-refractivity contribution is 4.73. The van der Waals surface area contributed by atoms with Crippen molar-refractivity contribution in [2.75, 3.05) is 52.9 Å². The Hall–Kier alpha value is -0.120. The van der Waals surface area contributed by atoms with Crippen LogP contribution >= 0.6 is 0 Å². The predicted octanol–water partition coefficient (Wildman–Crippen LogP) is -0.793. The van der Waals surface area contributed by atoms with E-state index in [4.69, 9.17) is 0 Å². The number of hydrogen-bond donors (Lipinski definition) is 1. The molecule has 2 aliphatic heterocycles. The minimum Gasteiger partial charge on any atom is -0.346 e. The van der Waals surface area contributed by atoms with E-state index in [1.165, 1.54) is 58.7 Å². The van der Waals surface area contributed by atoms with Crippen molar-refractivity contribution in [2.24, 2.45) is 5.92 Å². The van der Waals surface area contributed by atoms with Gasteiger partial charge in [-0.3, -0.25) is 0 Å². The molecule has 0 radical (unpaired) electrons. The van der Waals surface area contributed by atoms with E-state index in [0.29, 0.717) is 0 Å². The molecule has 2 saturated heterocycles. The van der Waals surface area contributed by atoms with Gasteiger partial charge in [-0.25, -0.2) is 0 Å². The van der Waals surface area contributed by atoms with Crippen LogP contribution in [0.1, 0.15) is 12.8 Å². The number of nitrogens with zero attached hydrogens (tertiary/aromatic N) is 2. The molecule has 0 saturated carbocycles. The zero-order valence-electron chi connectivity index (χ0n) is 9.41. The summed E-state index contributed by atoms with van der Waals surface area (Å²) in [5.41, 5.74) is 0. The van der Waals surface area contributed by atoms with Crippen LogP contribution < -0.4 is 5.32 Å². The summed E-state index contributed by atoms with van der Waals surface area (Å²) in [5, 5.41) is 2.46. The molecule has 2 fully saturated rings. The van der Waals surface area contributed by atoms with Crippen molar-refractivity contribution in [3.05, 3.63) is 0 Å². The Morgan fingerprint density at radius 2 is 1.71 bits per heavy atom. The predicted molar refractivity (Wildman–Crippen MR) is 58.3 cm³/mol. The number of quaternary nitrogens is 1. The number of nitrogens with two attached hydrogens (primary N) is 1. The topological polar surface area (TPSA) is 23.1 Å². The van der Waals surface area contributed by atoms with Gasteiger partial charge in [-0.1, -0.05) is 0 Å². The summed E-state index contributed by atoms with van der Waals surface area (Å²) >= 11 is 0. The fraction of sp³-hybridized carbons (Fsp3) is 1.00. The molecule has 2 aliphatic rings. The minimum absolute atomic E-state index is 0.989. The zero-order valence-corrected chi connectivity index (χ0v) is 9.41. The molecule has 0 amide bonds. The Kier molecular flexibility index (Phi) is 3.79. The van der Waals surface area contributed by atoms with Crippen LogP contribution in [0, 0.1) is 5.92 Å². The maximum Gasteiger partial charge on any atom is 0.0758 e. The lowest BCUT2D eigenvalue weighted by Gasteiger charge is -2.35. The Morgan fingerprint density at radius 1 is 1.07 bits per heavy atom. The smallest absolute Gasteiger partial charge is 0.0758 e. The maximum absolute atomic E-state index is 2.66. The van der Waals surface area contributed by atoms with Crippen LogP contribution in [0.5, 0.6) is 0 Å². The standard InChI is InChI=1S/C11H23N3/c1-13-6-8-14(9-7-13)10-11-2-4-12-5-3-11/h11-12H,2-10H2,1H3/p+1. The van der Waals surface area contributed by atoms with Crippen LogP contribution in [0.2, 0.25) is 0 Å². The quantitative estimate of drug-likeness (QED) is 0.628. The van der Waals surface area contributed by atoms with E-state index in [2.05, 4.69) is 22.2 Å². The van der Waals surface area contributed by atoms with Crippen molar-refractivity contribution in [2.45, 2.75) is 12.8 Å². The third kappa shape index (κ3) is 2.94. The number of rotatable bonds is 2. The molecule has 0 aromatic rings. The first kappa shape index (κ1) is 10.4. The molecule has 3 nitrogen and oxygen atoms in total. The van der Waals surface area contributed by atoms with E-state index < -0.39 is 0 Å². The molecule has 3 heteroatoms. The van der Waals surface area contributed by atoms with Crippen LogP contribution in [-0.4, -0.2) is 62.7 Å². The second kappa shape index (κ2) is 5.10. The molecule has 2 heterocycles. The lowest BCUT2D eigenvalue weighted by molar-refractivity contribution is -0.664. The molecule has 82 valence electrons. The molecular formula is C11H24N3+. The molecule has 0 aromatic heterocycles. The van der Waals surface area contributed by atoms with Gasteiger partial charge in [0.25, 0.3) is 0 Å². The molecule has 0 unspecified atom stereocenters. The monoisotopic (exact) mass is 198 g/mol. The summed E-state index contributed by atoms with van der Waals surface area (Å²) in [4.78, 5) is 5.10. The van der Waals surface area contributed by atoms with Crippen molar-refractivity contribution in [3.8, 4) is 0 Å². The Balaban J connectivity index is 1.68. The molecule has 14 heavy (non-hydrogen) atoms. The molecule has 0 aliphatic carbocycles. The Bertz CT molecular complexity index is 158. The third-order valence-corrected chi connectivity index (χ3v) is 3.67. The Labute approximate surface area is 87.4 Å². The van der Waals surface area contributed by atoms with Gasteiger partial charge in [0, 0.05) is 45.6 Å². The number of likely N-dealkylation sites (N-methyl/N-ethyl adjacent to an activating group) is 1. The zero-order chi connectivity index (χ0) is 9.80. The van der Waals surface area contributed by atoms with Crippen LogP contribution in [0.15, 0.2) is 0 Å². The van der Waals surface area contributed by atoms with E-state index in [1.807, 2.05) is 0 Å². The van der Waals surface area contributed by atoms with E-state index in [0.717, 1.165) is 5.92 Å². The minimum atomic E-state index is 0.989. The highest BCUT2D eigenvalue weighted by atomic mass is 15.2. The van der Waals surface area contributed by atoms with Gasteiger partial charge >= 0.3 is 0 Å². The van der Waals surface area contributed by atoms with Crippen molar-refractivity contribution in [1.82, 2.24) is 9.80 Å². The fourth-order valence-corrected chi connectivity index (χ4v) is 2.57. The molecule has 0 atom stereocenters. The lowest BCUT2D eigenvalue weighted by atomic mass is 9.97. The summed E-state index contributed by atoms with van der Waals surface area (Å²) < 4.78 is 0. The van der Waals surface area contributed by atoms with Gasteiger partial charge < -0.3 is 15.1 Å². The molecule has 0 spiro atoms. The number of hydrogen-bond acceptors (Lipinski definition) is 2. The molecule has 2 N–H and O–H groups in total. The van der Waals surface area contributed by atoms with E-state index >= 15 is 0 Å². The van der Waals surface area contributed by atoms with Crippen LogP contribution in [0.3, 0.4) is 0 Å². The van der Waals surface area contributed by atoms with E-state index in [9.17, 15) is 0 Å². The highest BCUT2D eigenvalue weighted by Crippen LogP contribution is 2.12. The van der Waals surface area contributed by atoms with Gasteiger partial charge in [-0.2, -0.15) is 0 Å². The third-order valence-electron chi connectivity index (χ3n) is 3.67. The first-order valence-electron chi connectivity index (χ1n) is 6.07.